The lowest BCUT2D eigenvalue weighted by Gasteiger charge is -2.20. The average molecular weight is 811 g/mol. The molecule has 8 atom stereocenters. The molecule has 0 aromatic heterocycles. The van der Waals surface area contributed by atoms with Crippen molar-refractivity contribution in [1.29, 1.82) is 0 Å². The smallest absolute Gasteiger partial charge is 0.317 e. The highest BCUT2D eigenvalue weighted by molar-refractivity contribution is 5.90. The topological polar surface area (TPSA) is 316 Å². The summed E-state index contributed by atoms with van der Waals surface area (Å²) >= 11 is 0. The monoisotopic (exact) mass is 810 g/mol. The Hall–Kier alpha value is -5.34. The highest BCUT2D eigenvalue weighted by Gasteiger charge is 2.24. The minimum Gasteiger partial charge on any atom is -0.481 e. The van der Waals surface area contributed by atoms with Gasteiger partial charge in [-0.3, -0.25) is 47.9 Å². The second kappa shape index (κ2) is 28.1. The van der Waals surface area contributed by atoms with Gasteiger partial charge in [0.1, 0.15) is 49.1 Å². The first-order chi connectivity index (χ1) is 25.8. The van der Waals surface area contributed by atoms with Gasteiger partial charge < -0.3 is 53.6 Å². The molecule has 21 heteroatoms. The summed E-state index contributed by atoms with van der Waals surface area (Å²) in [4.78, 5) is 110. The van der Waals surface area contributed by atoms with Crippen LogP contribution in [0.4, 0.5) is 0 Å². The van der Waals surface area contributed by atoms with E-state index in [4.69, 9.17) is 48.8 Å². The summed E-state index contributed by atoms with van der Waals surface area (Å²) in [6.45, 7) is 12.1. The number of cyclic esters (lactones) is 3. The minimum absolute atomic E-state index is 0.0144. The van der Waals surface area contributed by atoms with E-state index >= 15 is 0 Å². The standard InChI is InChI=1S/C12H20O7.C12H18O6.C11H16O8/c1-7(13)4-11(16)19-9(3)6-12(17)18-8(2)5-10(14)15;1-7-4-10(13)17-9(3)6-12(15)18-8(2)5-11(14)16-7;1-6(3-8(12)13)18-10(16)4-7(2)19-11(17)5-9(14)15/h7-9,13H,4-6H2,1-3H3,(H,14,15);7-9H,4-6H2,1-3H3;6-7H,3-5H2,1-2H3,(H,12,13)(H,14,15)/t2*7-,8-,9-;6-,7-/m111/s1. The summed E-state index contributed by atoms with van der Waals surface area (Å²) in [5, 5.41) is 34.3. The van der Waals surface area contributed by atoms with E-state index in [1.807, 2.05) is 0 Å². The molecule has 0 aromatic carbocycles. The number of aliphatic hydroxyl groups excluding tert-OH is 1. The van der Waals surface area contributed by atoms with Crippen LogP contribution in [-0.2, 0) is 81.1 Å². The molecule has 0 spiro atoms. The molecule has 1 aliphatic rings. The molecular formula is C35H54O21. The summed E-state index contributed by atoms with van der Waals surface area (Å²) in [5.74, 6) is -7.87. The molecule has 320 valence electrons. The molecule has 0 bridgehead atoms. The lowest BCUT2D eigenvalue weighted by molar-refractivity contribution is -0.166. The number of aliphatic hydroxyl groups is 1. The summed E-state index contributed by atoms with van der Waals surface area (Å²) in [6, 6.07) is 0. The zero-order valence-electron chi connectivity index (χ0n) is 32.7. The normalized spacial score (nSPS) is 19.7. The SMILES string of the molecule is C[C@@H]1CC(=O)O[C@H](C)CC(=O)O[C@H](C)CC(=O)O1.C[C@H](CC(=O)O)OC(=O)C[C@@H](C)OC(=O)CC(=O)O.C[C@H](CC(=O)O)OC(=O)C[C@@H](C)OC(=O)C[C@@H](C)O. The van der Waals surface area contributed by atoms with Gasteiger partial charge >= 0.3 is 59.7 Å². The van der Waals surface area contributed by atoms with Gasteiger partial charge in [-0.05, 0) is 55.4 Å². The van der Waals surface area contributed by atoms with Crippen LogP contribution in [0.5, 0.6) is 0 Å². The number of esters is 7. The largest absolute Gasteiger partial charge is 0.481 e. The van der Waals surface area contributed by atoms with Gasteiger partial charge in [0.25, 0.3) is 0 Å². The lowest BCUT2D eigenvalue weighted by atomic mass is 10.2. The molecule has 0 aliphatic carbocycles. The number of carbonyl (C=O) groups is 10. The molecule has 1 fully saturated rings. The van der Waals surface area contributed by atoms with Gasteiger partial charge in [0.05, 0.1) is 57.5 Å². The Kier molecular flexibility index (Phi) is 26.5. The predicted octanol–water partition coefficient (Wildman–Crippen LogP) is 1.64. The van der Waals surface area contributed by atoms with Crippen molar-refractivity contribution in [3.05, 3.63) is 0 Å². The number of carboxylic acid groups (broad SMARTS) is 3. The van der Waals surface area contributed by atoms with Gasteiger partial charge in [0.15, 0.2) is 0 Å². The Morgan fingerprint density at radius 1 is 0.500 bits per heavy atom. The summed E-state index contributed by atoms with van der Waals surface area (Å²) in [5.41, 5.74) is 0. The number of aliphatic carboxylic acids is 3. The van der Waals surface area contributed by atoms with E-state index in [1.54, 1.807) is 20.8 Å². The summed E-state index contributed by atoms with van der Waals surface area (Å²) in [7, 11) is 0. The van der Waals surface area contributed by atoms with E-state index in [-0.39, 0.29) is 51.4 Å². The van der Waals surface area contributed by atoms with Crippen molar-refractivity contribution < 1.29 is 102 Å². The maximum Gasteiger partial charge on any atom is 0.317 e. The molecule has 0 aromatic rings. The van der Waals surface area contributed by atoms with Crippen molar-refractivity contribution in [3.8, 4) is 0 Å². The van der Waals surface area contributed by atoms with Crippen LogP contribution in [0.25, 0.3) is 0 Å². The molecule has 21 nitrogen and oxygen atoms in total. The second-order valence-corrected chi connectivity index (χ2v) is 12.9. The molecule has 0 unspecified atom stereocenters. The molecule has 1 aliphatic heterocycles. The molecule has 0 radical (unpaired) electrons. The summed E-state index contributed by atoms with van der Waals surface area (Å²) < 4.78 is 34.1. The fourth-order valence-electron chi connectivity index (χ4n) is 4.22. The van der Waals surface area contributed by atoms with Gasteiger partial charge in [0.2, 0.25) is 0 Å². The van der Waals surface area contributed by atoms with Crippen molar-refractivity contribution in [2.75, 3.05) is 0 Å². The van der Waals surface area contributed by atoms with Gasteiger partial charge in [-0.1, -0.05) is 0 Å². The van der Waals surface area contributed by atoms with Crippen LogP contribution in [0.3, 0.4) is 0 Å². The Morgan fingerprint density at radius 3 is 1.04 bits per heavy atom. The van der Waals surface area contributed by atoms with E-state index in [0.717, 1.165) is 0 Å². The third-order valence-corrected chi connectivity index (χ3v) is 6.28. The average Bonchev–Trinajstić information content (AvgIpc) is 2.94. The first kappa shape index (κ1) is 52.8. The van der Waals surface area contributed by atoms with E-state index < -0.39 is 115 Å². The Bertz CT molecular complexity index is 1260. The minimum atomic E-state index is -1.32. The maximum absolute atomic E-state index is 11.4. The Morgan fingerprint density at radius 2 is 0.768 bits per heavy atom. The first-order valence-corrected chi connectivity index (χ1v) is 17.5. The van der Waals surface area contributed by atoms with E-state index in [2.05, 4.69) is 4.74 Å². The third kappa shape index (κ3) is 32.1. The van der Waals surface area contributed by atoms with Crippen molar-refractivity contribution in [2.24, 2.45) is 0 Å². The zero-order chi connectivity index (χ0) is 43.7. The fraction of sp³-hybridized carbons (Fsp3) is 0.714. The highest BCUT2D eigenvalue weighted by atomic mass is 16.6. The molecule has 4 N–H and O–H groups in total. The van der Waals surface area contributed by atoms with Gasteiger partial charge in [-0.15, -0.1) is 0 Å². The Balaban J connectivity index is 0. The molecule has 1 saturated heterocycles. The number of carboxylic acids is 3. The third-order valence-electron chi connectivity index (χ3n) is 6.28. The molecular weight excluding hydrogens is 756 g/mol. The van der Waals surface area contributed by atoms with Crippen LogP contribution < -0.4 is 0 Å². The second-order valence-electron chi connectivity index (χ2n) is 12.9. The van der Waals surface area contributed by atoms with E-state index in [9.17, 15) is 47.9 Å². The number of rotatable bonds is 16. The number of carbonyl (C=O) groups excluding carboxylic acids is 7. The van der Waals surface area contributed by atoms with E-state index in [1.165, 1.54) is 34.6 Å². The molecule has 1 heterocycles. The molecule has 0 amide bonds. The first-order valence-electron chi connectivity index (χ1n) is 17.5. The zero-order valence-corrected chi connectivity index (χ0v) is 32.7. The molecule has 1 rings (SSSR count). The van der Waals surface area contributed by atoms with Crippen molar-refractivity contribution >= 4 is 59.7 Å². The number of hydrogen-bond donors (Lipinski definition) is 4. The maximum atomic E-state index is 11.4. The molecule has 56 heavy (non-hydrogen) atoms. The van der Waals surface area contributed by atoms with Gasteiger partial charge in [0, 0.05) is 0 Å². The van der Waals surface area contributed by atoms with Crippen molar-refractivity contribution in [3.63, 3.8) is 0 Å². The van der Waals surface area contributed by atoms with Crippen molar-refractivity contribution in [2.45, 2.75) is 162 Å². The fourth-order valence-corrected chi connectivity index (χ4v) is 4.22. The van der Waals surface area contributed by atoms with Crippen LogP contribution in [0.2, 0.25) is 0 Å². The predicted molar refractivity (Wildman–Crippen MR) is 185 cm³/mol. The van der Waals surface area contributed by atoms with Crippen LogP contribution in [0, 0.1) is 0 Å². The number of ether oxygens (including phenoxy) is 7. The quantitative estimate of drug-likeness (QED) is 0.0978. The van der Waals surface area contributed by atoms with Crippen LogP contribution >= 0.6 is 0 Å². The lowest BCUT2D eigenvalue weighted by Crippen LogP contribution is -2.29. The Labute approximate surface area is 323 Å². The van der Waals surface area contributed by atoms with Crippen LogP contribution in [0.15, 0.2) is 0 Å². The van der Waals surface area contributed by atoms with Gasteiger partial charge in [-0.2, -0.15) is 0 Å². The van der Waals surface area contributed by atoms with Gasteiger partial charge in [-0.25, -0.2) is 0 Å². The summed E-state index contributed by atoms with van der Waals surface area (Å²) in [6.07, 6.45) is -7.46. The van der Waals surface area contributed by atoms with Crippen LogP contribution in [-0.4, -0.2) is 129 Å². The van der Waals surface area contributed by atoms with E-state index in [0.29, 0.717) is 0 Å². The van der Waals surface area contributed by atoms with Crippen molar-refractivity contribution in [1.82, 2.24) is 0 Å². The molecule has 0 saturated carbocycles. The van der Waals surface area contributed by atoms with Crippen LogP contribution in [0.1, 0.15) is 113 Å². The number of hydrogen-bond acceptors (Lipinski definition) is 18. The highest BCUT2D eigenvalue weighted by Crippen LogP contribution is 2.12.